The molecule has 0 aromatic heterocycles. The normalized spacial score (nSPS) is 11.4. The quantitative estimate of drug-likeness (QED) is 0.759. The minimum atomic E-state index is -0.437. The number of hydrogen-bond acceptors (Lipinski definition) is 4. The van der Waals surface area contributed by atoms with Crippen LogP contribution in [0.3, 0.4) is 0 Å². The summed E-state index contributed by atoms with van der Waals surface area (Å²) in [5, 5.41) is 6.20. The van der Waals surface area contributed by atoms with E-state index in [9.17, 15) is 4.79 Å². The highest BCUT2D eigenvalue weighted by Gasteiger charge is 2.16. The van der Waals surface area contributed by atoms with Crippen LogP contribution in [0.5, 0.6) is 11.5 Å². The maximum absolute atomic E-state index is 11.8. The van der Waals surface area contributed by atoms with Gasteiger partial charge in [-0.25, -0.2) is 0 Å². The van der Waals surface area contributed by atoms with Crippen LogP contribution in [0.25, 0.3) is 0 Å². The van der Waals surface area contributed by atoms with Crippen molar-refractivity contribution >= 4 is 23.2 Å². The fourth-order valence-corrected chi connectivity index (χ4v) is 1.84. The Bertz CT molecular complexity index is 492. The zero-order chi connectivity index (χ0) is 15.1. The van der Waals surface area contributed by atoms with Gasteiger partial charge in [-0.2, -0.15) is 0 Å². The van der Waals surface area contributed by atoms with E-state index in [1.165, 1.54) is 14.2 Å². The lowest BCUT2D eigenvalue weighted by Gasteiger charge is -2.18. The monoisotopic (exact) mass is 298 g/mol. The molecule has 0 aliphatic heterocycles. The van der Waals surface area contributed by atoms with Crippen molar-refractivity contribution in [1.29, 1.82) is 0 Å². The number of carbonyl (C=O) groups is 1. The maximum atomic E-state index is 11.8. The van der Waals surface area contributed by atoms with Crippen LogP contribution >= 0.6 is 11.6 Å². The van der Waals surface area contributed by atoms with Gasteiger partial charge in [0, 0.05) is 12.6 Å². The molecule has 0 heterocycles. The van der Waals surface area contributed by atoms with Crippen LogP contribution < -0.4 is 20.1 Å². The second-order valence-corrected chi connectivity index (χ2v) is 4.49. The van der Waals surface area contributed by atoms with Gasteiger partial charge in [-0.3, -0.25) is 4.79 Å². The Kier molecular flexibility index (Phi) is 6.18. The van der Waals surface area contributed by atoms with Crippen LogP contribution in [0.4, 0.5) is 5.69 Å². The van der Waals surface area contributed by atoms with Gasteiger partial charge in [-0.1, -0.05) is 17.7 Å². The number of carbonyl (C=O) groups excluding carboxylic acids is 1. The van der Waals surface area contributed by atoms with E-state index in [1.54, 1.807) is 25.1 Å². The Hall–Kier alpha value is -1.88. The summed E-state index contributed by atoms with van der Waals surface area (Å²) in [6, 6.07) is 2.89. The van der Waals surface area contributed by atoms with Gasteiger partial charge < -0.3 is 20.1 Å². The molecule has 0 saturated carbocycles. The summed E-state index contributed by atoms with van der Waals surface area (Å²) in [6.45, 7) is 5.72. The van der Waals surface area contributed by atoms with Crippen molar-refractivity contribution in [2.24, 2.45) is 0 Å². The highest BCUT2D eigenvalue weighted by molar-refractivity contribution is 6.32. The fourth-order valence-electron chi connectivity index (χ4n) is 1.60. The molecule has 0 saturated heterocycles. The summed E-state index contributed by atoms with van der Waals surface area (Å²) in [7, 11) is 3.06. The van der Waals surface area contributed by atoms with E-state index in [0.717, 1.165) is 0 Å². The Labute approximate surface area is 123 Å². The number of anilines is 1. The number of hydrogen-bond donors (Lipinski definition) is 2. The SMILES string of the molecule is C=CCNC(=O)C(C)Nc1cc(Cl)c(OC)cc1OC. The van der Waals surface area contributed by atoms with Crippen molar-refractivity contribution < 1.29 is 14.3 Å². The predicted octanol–water partition coefficient (Wildman–Crippen LogP) is 2.46. The smallest absolute Gasteiger partial charge is 0.242 e. The van der Waals surface area contributed by atoms with E-state index in [0.29, 0.717) is 28.8 Å². The zero-order valence-electron chi connectivity index (χ0n) is 11.8. The van der Waals surface area contributed by atoms with Gasteiger partial charge in [-0.05, 0) is 13.0 Å². The van der Waals surface area contributed by atoms with E-state index in [1.807, 2.05) is 0 Å². The highest BCUT2D eigenvalue weighted by atomic mass is 35.5. The molecule has 0 fully saturated rings. The summed E-state index contributed by atoms with van der Waals surface area (Å²) >= 11 is 6.07. The molecule has 0 radical (unpaired) electrons. The topological polar surface area (TPSA) is 59.6 Å². The van der Waals surface area contributed by atoms with Crippen LogP contribution in [0.1, 0.15) is 6.92 Å². The van der Waals surface area contributed by atoms with Gasteiger partial charge in [0.05, 0.1) is 24.9 Å². The van der Waals surface area contributed by atoms with Crippen molar-refractivity contribution in [3.8, 4) is 11.5 Å². The fraction of sp³-hybridized carbons (Fsp3) is 0.357. The third-order valence-electron chi connectivity index (χ3n) is 2.66. The Morgan fingerprint density at radius 1 is 1.40 bits per heavy atom. The second kappa shape index (κ2) is 7.65. The van der Waals surface area contributed by atoms with Crippen LogP contribution in [0, 0.1) is 0 Å². The van der Waals surface area contributed by atoms with Crippen LogP contribution in [-0.2, 0) is 4.79 Å². The first-order valence-electron chi connectivity index (χ1n) is 6.10. The number of rotatable bonds is 7. The summed E-state index contributed by atoms with van der Waals surface area (Å²) < 4.78 is 10.4. The first-order chi connectivity index (χ1) is 9.53. The van der Waals surface area contributed by atoms with Crippen molar-refractivity contribution in [1.82, 2.24) is 5.32 Å². The summed E-state index contributed by atoms with van der Waals surface area (Å²) in [5.41, 5.74) is 0.625. The standard InChI is InChI=1S/C14H19ClN2O3/c1-5-6-16-14(18)9(2)17-11-7-10(15)12(19-3)8-13(11)20-4/h5,7-9,17H,1,6H2,2-4H3,(H,16,18). The first kappa shape index (κ1) is 16.2. The first-order valence-corrected chi connectivity index (χ1v) is 6.48. The third kappa shape index (κ3) is 4.06. The van der Waals surface area contributed by atoms with Gasteiger partial charge in [0.15, 0.2) is 0 Å². The van der Waals surface area contributed by atoms with Crippen LogP contribution in [-0.4, -0.2) is 32.7 Å². The summed E-state index contributed by atoms with van der Waals surface area (Å²) in [5.74, 6) is 0.923. The Morgan fingerprint density at radius 2 is 2.05 bits per heavy atom. The third-order valence-corrected chi connectivity index (χ3v) is 2.96. The van der Waals surface area contributed by atoms with E-state index in [2.05, 4.69) is 17.2 Å². The molecule has 0 bridgehead atoms. The Morgan fingerprint density at radius 3 is 2.60 bits per heavy atom. The molecular weight excluding hydrogens is 280 g/mol. The predicted molar refractivity (Wildman–Crippen MR) is 80.8 cm³/mol. The molecule has 20 heavy (non-hydrogen) atoms. The van der Waals surface area contributed by atoms with Crippen LogP contribution in [0.15, 0.2) is 24.8 Å². The average molecular weight is 299 g/mol. The Balaban J connectivity index is 2.88. The molecule has 0 aliphatic rings. The van der Waals surface area contributed by atoms with E-state index < -0.39 is 6.04 Å². The lowest BCUT2D eigenvalue weighted by Crippen LogP contribution is -2.37. The molecule has 1 unspecified atom stereocenters. The maximum Gasteiger partial charge on any atom is 0.242 e. The molecule has 6 heteroatoms. The molecule has 2 N–H and O–H groups in total. The number of methoxy groups -OCH3 is 2. The van der Waals surface area contributed by atoms with Gasteiger partial charge in [0.25, 0.3) is 0 Å². The number of amides is 1. The molecule has 5 nitrogen and oxygen atoms in total. The number of halogens is 1. The van der Waals surface area contributed by atoms with E-state index in [-0.39, 0.29) is 5.91 Å². The van der Waals surface area contributed by atoms with Crippen LogP contribution in [0.2, 0.25) is 5.02 Å². The molecule has 110 valence electrons. The summed E-state index contributed by atoms with van der Waals surface area (Å²) in [4.78, 5) is 11.8. The lowest BCUT2D eigenvalue weighted by atomic mass is 10.2. The van der Waals surface area contributed by atoms with Gasteiger partial charge in [-0.15, -0.1) is 6.58 Å². The van der Waals surface area contributed by atoms with Gasteiger partial charge in [0.1, 0.15) is 17.5 Å². The van der Waals surface area contributed by atoms with Gasteiger partial charge >= 0.3 is 0 Å². The minimum absolute atomic E-state index is 0.140. The lowest BCUT2D eigenvalue weighted by molar-refractivity contribution is -0.121. The van der Waals surface area contributed by atoms with E-state index >= 15 is 0 Å². The molecule has 1 amide bonds. The van der Waals surface area contributed by atoms with Crippen molar-refractivity contribution in [3.05, 3.63) is 29.8 Å². The molecule has 1 aromatic carbocycles. The minimum Gasteiger partial charge on any atom is -0.495 e. The molecule has 1 rings (SSSR count). The summed E-state index contributed by atoms with van der Waals surface area (Å²) in [6.07, 6.45) is 1.62. The largest absolute Gasteiger partial charge is 0.495 e. The average Bonchev–Trinajstić information content (AvgIpc) is 2.44. The van der Waals surface area contributed by atoms with Crippen molar-refractivity contribution in [2.75, 3.05) is 26.1 Å². The van der Waals surface area contributed by atoms with E-state index in [4.69, 9.17) is 21.1 Å². The molecule has 1 aromatic rings. The zero-order valence-corrected chi connectivity index (χ0v) is 12.6. The van der Waals surface area contributed by atoms with Crippen molar-refractivity contribution in [2.45, 2.75) is 13.0 Å². The number of ether oxygens (including phenoxy) is 2. The number of nitrogens with one attached hydrogen (secondary N) is 2. The second-order valence-electron chi connectivity index (χ2n) is 4.09. The molecule has 1 atom stereocenters. The molecular formula is C14H19ClN2O3. The molecule has 0 spiro atoms. The highest BCUT2D eigenvalue weighted by Crippen LogP contribution is 2.36. The van der Waals surface area contributed by atoms with Gasteiger partial charge in [0.2, 0.25) is 5.91 Å². The number of benzene rings is 1. The molecule has 0 aliphatic carbocycles. The van der Waals surface area contributed by atoms with Crippen molar-refractivity contribution in [3.63, 3.8) is 0 Å².